The number of nitrogens with one attached hydrogen (secondary N) is 1. The lowest BCUT2D eigenvalue weighted by molar-refractivity contribution is -0.140. The first-order chi connectivity index (χ1) is 17.3. The Morgan fingerprint density at radius 1 is 1.03 bits per heavy atom. The van der Waals surface area contributed by atoms with E-state index in [0.29, 0.717) is 24.4 Å². The van der Waals surface area contributed by atoms with Crippen molar-refractivity contribution < 1.29 is 22.7 Å². The van der Waals surface area contributed by atoms with Gasteiger partial charge in [-0.1, -0.05) is 32.0 Å². The van der Waals surface area contributed by atoms with Crippen LogP contribution in [0.2, 0.25) is 0 Å². The fourth-order valence-corrected chi connectivity index (χ4v) is 5.05. The van der Waals surface area contributed by atoms with Crippen LogP contribution in [0, 0.1) is 19.8 Å². The van der Waals surface area contributed by atoms with Crippen molar-refractivity contribution in [3.63, 3.8) is 0 Å². The summed E-state index contributed by atoms with van der Waals surface area (Å²) in [7, 11) is -1.96. The van der Waals surface area contributed by atoms with E-state index in [4.69, 9.17) is 4.74 Å². The quantitative estimate of drug-likeness (QED) is 0.421. The molecule has 1 unspecified atom stereocenters. The van der Waals surface area contributed by atoms with Crippen LogP contribution in [0.25, 0.3) is 0 Å². The second-order valence-electron chi connectivity index (χ2n) is 9.97. The first kappa shape index (κ1) is 30.2. The minimum absolute atomic E-state index is 0.0998. The highest BCUT2D eigenvalue weighted by Crippen LogP contribution is 2.23. The standard InChI is InChI=1S/C28H41N3O5S/c1-20(2)18-29-28(33)23(5)30(19-24-10-8-11-26(17-24)36-6)27(32)12-9-13-31(37(7,34)35)25-15-21(3)14-22(4)16-25/h8,10-11,14-17,20,23H,9,12-13,18-19H2,1-7H3,(H,29,33). The Bertz CT molecular complexity index is 1160. The van der Waals surface area contributed by atoms with Crippen molar-refractivity contribution in [2.24, 2.45) is 5.92 Å². The molecule has 204 valence electrons. The van der Waals surface area contributed by atoms with Crippen molar-refractivity contribution in [1.29, 1.82) is 0 Å². The third-order valence-electron chi connectivity index (χ3n) is 5.99. The molecule has 0 aliphatic carbocycles. The summed E-state index contributed by atoms with van der Waals surface area (Å²) in [4.78, 5) is 27.8. The highest BCUT2D eigenvalue weighted by molar-refractivity contribution is 7.92. The largest absolute Gasteiger partial charge is 0.497 e. The van der Waals surface area contributed by atoms with Crippen LogP contribution in [-0.2, 0) is 26.2 Å². The number of nitrogens with zero attached hydrogens (tertiary/aromatic N) is 2. The summed E-state index contributed by atoms with van der Waals surface area (Å²) < 4.78 is 31.8. The monoisotopic (exact) mass is 531 g/mol. The minimum atomic E-state index is -3.54. The summed E-state index contributed by atoms with van der Waals surface area (Å²) in [6, 6.07) is 12.3. The number of sulfonamides is 1. The van der Waals surface area contributed by atoms with Gasteiger partial charge in [-0.3, -0.25) is 13.9 Å². The molecular formula is C28H41N3O5S. The molecule has 0 fully saturated rings. The first-order valence-corrected chi connectivity index (χ1v) is 14.4. The van der Waals surface area contributed by atoms with Gasteiger partial charge in [0, 0.05) is 26.1 Å². The van der Waals surface area contributed by atoms with Crippen molar-refractivity contribution >= 4 is 27.5 Å². The van der Waals surface area contributed by atoms with Gasteiger partial charge in [-0.25, -0.2) is 8.42 Å². The zero-order chi connectivity index (χ0) is 27.8. The van der Waals surface area contributed by atoms with Crippen LogP contribution in [-0.4, -0.2) is 57.6 Å². The fourth-order valence-electron chi connectivity index (χ4n) is 4.10. The maximum absolute atomic E-state index is 13.4. The lowest BCUT2D eigenvalue weighted by Gasteiger charge is -2.30. The predicted octanol–water partition coefficient (Wildman–Crippen LogP) is 4.05. The molecule has 2 amide bonds. The van der Waals surface area contributed by atoms with E-state index < -0.39 is 16.1 Å². The van der Waals surface area contributed by atoms with Crippen molar-refractivity contribution in [3.05, 3.63) is 59.2 Å². The highest BCUT2D eigenvalue weighted by atomic mass is 32.2. The van der Waals surface area contributed by atoms with E-state index in [1.54, 1.807) is 18.9 Å². The Balaban J connectivity index is 2.20. The maximum Gasteiger partial charge on any atom is 0.242 e. The van der Waals surface area contributed by atoms with E-state index in [1.807, 2.05) is 70.2 Å². The van der Waals surface area contributed by atoms with E-state index in [0.717, 1.165) is 16.7 Å². The third-order valence-corrected chi connectivity index (χ3v) is 7.18. The lowest BCUT2D eigenvalue weighted by atomic mass is 10.1. The van der Waals surface area contributed by atoms with Crippen LogP contribution in [0.15, 0.2) is 42.5 Å². The molecule has 0 aliphatic rings. The molecule has 2 aromatic carbocycles. The zero-order valence-electron chi connectivity index (χ0n) is 23.1. The van der Waals surface area contributed by atoms with Crippen molar-refractivity contribution in [2.45, 2.75) is 60.0 Å². The van der Waals surface area contributed by atoms with Gasteiger partial charge in [-0.05, 0) is 74.1 Å². The molecule has 0 spiro atoms. The molecule has 0 heterocycles. The van der Waals surface area contributed by atoms with E-state index in [2.05, 4.69) is 5.32 Å². The van der Waals surface area contributed by atoms with Crippen molar-refractivity contribution in [3.8, 4) is 5.75 Å². The number of benzene rings is 2. The SMILES string of the molecule is COc1cccc(CN(C(=O)CCCN(c2cc(C)cc(C)c2)S(C)(=O)=O)C(C)C(=O)NCC(C)C)c1. The lowest BCUT2D eigenvalue weighted by Crippen LogP contribution is -2.48. The van der Waals surface area contributed by atoms with Crippen LogP contribution >= 0.6 is 0 Å². The van der Waals surface area contributed by atoms with Crippen LogP contribution in [0.5, 0.6) is 5.75 Å². The van der Waals surface area contributed by atoms with Crippen LogP contribution in [0.1, 0.15) is 50.3 Å². The Labute approximate surface area is 222 Å². The summed E-state index contributed by atoms with van der Waals surface area (Å²) in [6.07, 6.45) is 1.58. The van der Waals surface area contributed by atoms with Gasteiger partial charge < -0.3 is 15.0 Å². The van der Waals surface area contributed by atoms with Crippen molar-refractivity contribution in [1.82, 2.24) is 10.2 Å². The molecule has 0 aliphatic heterocycles. The number of anilines is 1. The van der Waals surface area contributed by atoms with Gasteiger partial charge in [0.05, 0.1) is 19.1 Å². The van der Waals surface area contributed by atoms with Crippen molar-refractivity contribution in [2.75, 3.05) is 30.8 Å². The second-order valence-corrected chi connectivity index (χ2v) is 11.9. The van der Waals surface area contributed by atoms with Gasteiger partial charge in [0.2, 0.25) is 21.8 Å². The summed E-state index contributed by atoms with van der Waals surface area (Å²) >= 11 is 0. The Morgan fingerprint density at radius 3 is 2.24 bits per heavy atom. The molecule has 8 nitrogen and oxygen atoms in total. The van der Waals surface area contributed by atoms with E-state index in [-0.39, 0.29) is 37.2 Å². The molecule has 0 radical (unpaired) electrons. The summed E-state index contributed by atoms with van der Waals surface area (Å²) in [5.74, 6) is 0.506. The number of aryl methyl sites for hydroxylation is 2. The predicted molar refractivity (Wildman–Crippen MR) is 148 cm³/mol. The Hall–Kier alpha value is -3.07. The average Bonchev–Trinajstić information content (AvgIpc) is 2.81. The normalized spacial score (nSPS) is 12.2. The molecular weight excluding hydrogens is 490 g/mol. The second kappa shape index (κ2) is 13.5. The third kappa shape index (κ3) is 9.39. The van der Waals surface area contributed by atoms with Gasteiger partial charge in [0.25, 0.3) is 0 Å². The fraction of sp³-hybridized carbons (Fsp3) is 0.500. The number of hydrogen-bond donors (Lipinski definition) is 1. The summed E-state index contributed by atoms with van der Waals surface area (Å²) in [5, 5.41) is 2.91. The molecule has 9 heteroatoms. The molecule has 0 aromatic heterocycles. The summed E-state index contributed by atoms with van der Waals surface area (Å²) in [6.45, 7) is 10.5. The molecule has 0 saturated heterocycles. The number of rotatable bonds is 13. The van der Waals surface area contributed by atoms with Gasteiger partial charge in [-0.15, -0.1) is 0 Å². The Kier molecular flexibility index (Phi) is 11.0. The number of methoxy groups -OCH3 is 1. The van der Waals surface area contributed by atoms with Gasteiger partial charge in [-0.2, -0.15) is 0 Å². The van der Waals surface area contributed by atoms with Gasteiger partial charge >= 0.3 is 0 Å². The summed E-state index contributed by atoms with van der Waals surface area (Å²) in [5.41, 5.74) is 3.35. The van der Waals surface area contributed by atoms with E-state index in [1.165, 1.54) is 10.6 Å². The van der Waals surface area contributed by atoms with Gasteiger partial charge in [0.1, 0.15) is 11.8 Å². The molecule has 2 rings (SSSR count). The number of carbonyl (C=O) groups excluding carboxylic acids is 2. The van der Waals surface area contributed by atoms with E-state index >= 15 is 0 Å². The number of hydrogen-bond acceptors (Lipinski definition) is 5. The number of ether oxygens (including phenoxy) is 1. The Morgan fingerprint density at radius 2 is 1.68 bits per heavy atom. The van der Waals surface area contributed by atoms with Crippen LogP contribution in [0.3, 0.4) is 0 Å². The zero-order valence-corrected chi connectivity index (χ0v) is 23.9. The van der Waals surface area contributed by atoms with Gasteiger partial charge in [0.15, 0.2) is 0 Å². The topological polar surface area (TPSA) is 96.0 Å². The van der Waals surface area contributed by atoms with Crippen LogP contribution in [0.4, 0.5) is 5.69 Å². The average molecular weight is 532 g/mol. The molecule has 2 aromatic rings. The molecule has 1 atom stereocenters. The maximum atomic E-state index is 13.4. The molecule has 1 N–H and O–H groups in total. The van der Waals surface area contributed by atoms with Crippen LogP contribution < -0.4 is 14.4 Å². The smallest absolute Gasteiger partial charge is 0.242 e. The number of carbonyl (C=O) groups is 2. The van der Waals surface area contributed by atoms with E-state index in [9.17, 15) is 18.0 Å². The highest BCUT2D eigenvalue weighted by Gasteiger charge is 2.27. The minimum Gasteiger partial charge on any atom is -0.497 e. The molecule has 0 bridgehead atoms. The molecule has 0 saturated carbocycles. The molecule has 37 heavy (non-hydrogen) atoms. The first-order valence-electron chi connectivity index (χ1n) is 12.6. The number of amides is 2.